The minimum Gasteiger partial charge on any atom is -0.595 e. The predicted molar refractivity (Wildman–Crippen MR) is 35.8 cm³/mol. The van der Waals surface area contributed by atoms with Gasteiger partial charge in [-0.25, -0.2) is 0 Å². The highest BCUT2D eigenvalue weighted by Gasteiger charge is 2.16. The van der Waals surface area contributed by atoms with E-state index in [0.717, 1.165) is 12.0 Å². The first-order chi connectivity index (χ1) is 4.68. The highest BCUT2D eigenvalue weighted by atomic mass is 31.1. The summed E-state index contributed by atoms with van der Waals surface area (Å²) in [6, 6.07) is 0. The molecule has 0 saturated carbocycles. The Morgan fingerprint density at radius 3 is 3.00 bits per heavy atom. The second-order valence-corrected chi connectivity index (χ2v) is 3.40. The summed E-state index contributed by atoms with van der Waals surface area (Å²) in [5.41, 5.74) is 0.851. The van der Waals surface area contributed by atoms with Crippen molar-refractivity contribution >= 4 is 8.03 Å². The Bertz CT molecular complexity index is 176. The van der Waals surface area contributed by atoms with Gasteiger partial charge in [-0.05, 0) is 18.4 Å². The van der Waals surface area contributed by atoms with Crippen LogP contribution in [0.3, 0.4) is 0 Å². The summed E-state index contributed by atoms with van der Waals surface area (Å²) in [5, 5.41) is 8.94. The van der Waals surface area contributed by atoms with E-state index >= 15 is 0 Å². The highest BCUT2D eigenvalue weighted by Crippen LogP contribution is 2.24. The van der Waals surface area contributed by atoms with E-state index in [4.69, 9.17) is 5.11 Å². The molecule has 4 heteroatoms. The number of aliphatic hydroxyl groups excluding tert-OH is 1. The van der Waals surface area contributed by atoms with E-state index < -0.39 is 14.1 Å². The zero-order valence-electron chi connectivity index (χ0n) is 5.49. The molecule has 10 heavy (non-hydrogen) atoms. The summed E-state index contributed by atoms with van der Waals surface area (Å²) in [7, 11) is -2.31. The van der Waals surface area contributed by atoms with Gasteiger partial charge in [0, 0.05) is 0 Å². The van der Waals surface area contributed by atoms with Crippen LogP contribution in [0.15, 0.2) is 11.6 Å². The molecule has 2 unspecified atom stereocenters. The first-order valence-electron chi connectivity index (χ1n) is 3.18. The van der Waals surface area contributed by atoms with Crippen molar-refractivity contribution in [1.29, 1.82) is 0 Å². The lowest BCUT2D eigenvalue weighted by atomic mass is 10.3. The second kappa shape index (κ2) is 3.24. The Kier molecular flexibility index (Phi) is 2.55. The number of rotatable bonds is 2. The van der Waals surface area contributed by atoms with Crippen LogP contribution in [0, 0.1) is 0 Å². The van der Waals surface area contributed by atoms with Crippen molar-refractivity contribution in [2.24, 2.45) is 0 Å². The third-order valence-electron chi connectivity index (χ3n) is 1.52. The molecule has 0 bridgehead atoms. The van der Waals surface area contributed by atoms with E-state index in [9.17, 15) is 9.46 Å². The van der Waals surface area contributed by atoms with Crippen LogP contribution in [0.1, 0.15) is 12.8 Å². The quantitative estimate of drug-likeness (QED) is 0.462. The van der Waals surface area contributed by atoms with Crippen LogP contribution >= 0.6 is 8.03 Å². The van der Waals surface area contributed by atoms with E-state index in [1.54, 1.807) is 6.08 Å². The number of hydrogen-bond donors (Lipinski definition) is 1. The summed E-state index contributed by atoms with van der Waals surface area (Å²) < 4.78 is 10.2. The molecule has 1 rings (SSSR count). The molecular weight excluding hydrogens is 151 g/mol. The summed E-state index contributed by atoms with van der Waals surface area (Å²) in [6.07, 6.45) is 2.74. The normalized spacial score (nSPS) is 26.4. The Labute approximate surface area is 60.2 Å². The monoisotopic (exact) mass is 160 g/mol. The van der Waals surface area contributed by atoms with Crippen LogP contribution < -0.4 is 4.89 Å². The van der Waals surface area contributed by atoms with Gasteiger partial charge < -0.3 is 10.00 Å². The largest absolute Gasteiger partial charge is 0.595 e. The third kappa shape index (κ3) is 2.18. The van der Waals surface area contributed by atoms with Gasteiger partial charge in [0.05, 0.1) is 6.10 Å². The molecule has 1 aliphatic rings. The van der Waals surface area contributed by atoms with Crippen molar-refractivity contribution in [3.63, 3.8) is 0 Å². The fourth-order valence-electron chi connectivity index (χ4n) is 1.07. The summed E-state index contributed by atoms with van der Waals surface area (Å²) in [4.78, 5) is 10.2. The van der Waals surface area contributed by atoms with Gasteiger partial charge in [-0.15, -0.1) is 0 Å². The molecule has 0 aromatic carbocycles. The minimum atomic E-state index is -2.31. The van der Waals surface area contributed by atoms with E-state index in [2.05, 4.69) is 0 Å². The topological polar surface area (TPSA) is 60.4 Å². The molecule has 0 saturated heterocycles. The Hall–Kier alpha value is -0.240. The zero-order valence-corrected chi connectivity index (χ0v) is 6.38. The average Bonchev–Trinajstić information content (AvgIpc) is 2.13. The van der Waals surface area contributed by atoms with Crippen LogP contribution in [0.5, 0.6) is 0 Å². The van der Waals surface area contributed by atoms with Gasteiger partial charge in [0.1, 0.15) is 0 Å². The highest BCUT2D eigenvalue weighted by molar-refractivity contribution is 7.36. The minimum absolute atomic E-state index is 0.117. The first kappa shape index (κ1) is 7.86. The van der Waals surface area contributed by atoms with E-state index in [1.807, 2.05) is 0 Å². The molecule has 1 N–H and O–H groups in total. The second-order valence-electron chi connectivity index (χ2n) is 2.42. The van der Waals surface area contributed by atoms with Gasteiger partial charge in [-0.2, -0.15) is 0 Å². The summed E-state index contributed by atoms with van der Waals surface area (Å²) >= 11 is 0. The number of hydrogen-bond acceptors (Lipinski definition) is 3. The maximum absolute atomic E-state index is 10.2. The number of aliphatic hydroxyl groups is 1. The molecule has 1 aliphatic carbocycles. The molecule has 0 fully saturated rings. The van der Waals surface area contributed by atoms with Crippen LogP contribution in [0.2, 0.25) is 0 Å². The molecule has 0 radical (unpaired) electrons. The average molecular weight is 160 g/mol. The van der Waals surface area contributed by atoms with Crippen molar-refractivity contribution in [2.75, 3.05) is 6.16 Å². The maximum Gasteiger partial charge on any atom is 0.313 e. The molecular formula is C6H9O3P. The fraction of sp³-hybridized carbons (Fsp3) is 0.667. The summed E-state index contributed by atoms with van der Waals surface area (Å²) in [6.45, 7) is 0. The molecule has 0 amide bonds. The van der Waals surface area contributed by atoms with Crippen LogP contribution in [-0.2, 0) is 4.57 Å². The van der Waals surface area contributed by atoms with Crippen molar-refractivity contribution in [2.45, 2.75) is 18.9 Å². The van der Waals surface area contributed by atoms with Gasteiger partial charge in [-0.1, -0.05) is 10.6 Å². The van der Waals surface area contributed by atoms with Crippen LogP contribution in [-0.4, -0.2) is 17.4 Å². The maximum atomic E-state index is 10.2. The number of allylic oxidation sites excluding steroid dienone is 1. The molecule has 0 heterocycles. The molecule has 56 valence electrons. The van der Waals surface area contributed by atoms with Gasteiger partial charge in [0.15, 0.2) is 6.16 Å². The Morgan fingerprint density at radius 2 is 2.60 bits per heavy atom. The third-order valence-corrected chi connectivity index (χ3v) is 2.19. The molecule has 0 aromatic rings. The predicted octanol–water partition coefficient (Wildman–Crippen LogP) is 0.170. The van der Waals surface area contributed by atoms with Crippen LogP contribution in [0.4, 0.5) is 0 Å². The smallest absolute Gasteiger partial charge is 0.313 e. The Morgan fingerprint density at radius 1 is 1.90 bits per heavy atom. The summed E-state index contributed by atoms with van der Waals surface area (Å²) in [5.74, 6) is 0. The van der Waals surface area contributed by atoms with Crippen molar-refractivity contribution < 1.29 is 14.6 Å². The van der Waals surface area contributed by atoms with Crippen molar-refractivity contribution in [3.05, 3.63) is 11.6 Å². The van der Waals surface area contributed by atoms with E-state index in [-0.39, 0.29) is 6.16 Å². The molecule has 3 nitrogen and oxygen atoms in total. The standard InChI is InChI=1S/C6H9O3P/c7-6-2-1-5(3-6)4-10(8)9/h3,6-7H,1-2,4H2. The molecule has 0 aliphatic heterocycles. The van der Waals surface area contributed by atoms with Gasteiger partial charge >= 0.3 is 8.03 Å². The zero-order chi connectivity index (χ0) is 7.56. The molecule has 0 spiro atoms. The molecule has 2 atom stereocenters. The SMILES string of the molecule is O=[P+]([O-])CC1=CC(O)CC1. The molecule has 0 aromatic heterocycles. The van der Waals surface area contributed by atoms with E-state index in [1.165, 1.54) is 0 Å². The van der Waals surface area contributed by atoms with Crippen molar-refractivity contribution in [1.82, 2.24) is 0 Å². The fourth-order valence-corrected chi connectivity index (χ4v) is 1.66. The van der Waals surface area contributed by atoms with E-state index in [0.29, 0.717) is 6.42 Å². The van der Waals surface area contributed by atoms with Gasteiger partial charge in [-0.3, -0.25) is 0 Å². The van der Waals surface area contributed by atoms with Crippen LogP contribution in [0.25, 0.3) is 0 Å². The van der Waals surface area contributed by atoms with Gasteiger partial charge in [0.2, 0.25) is 0 Å². The lowest BCUT2D eigenvalue weighted by Crippen LogP contribution is -1.93. The Balaban J connectivity index is 2.43. The van der Waals surface area contributed by atoms with Gasteiger partial charge in [0.25, 0.3) is 0 Å². The first-order valence-corrected chi connectivity index (χ1v) is 4.54. The van der Waals surface area contributed by atoms with Crippen molar-refractivity contribution in [3.8, 4) is 0 Å². The lowest BCUT2D eigenvalue weighted by molar-refractivity contribution is -0.163. The lowest BCUT2D eigenvalue weighted by Gasteiger charge is -1.89.